The second kappa shape index (κ2) is 6.22. The van der Waals surface area contributed by atoms with Crippen LogP contribution in [-0.4, -0.2) is 42.2 Å². The van der Waals surface area contributed by atoms with Gasteiger partial charge >= 0.3 is 12.6 Å². The lowest BCUT2D eigenvalue weighted by molar-refractivity contribution is -0.171. The van der Waals surface area contributed by atoms with E-state index in [2.05, 4.69) is 26.0 Å². The van der Waals surface area contributed by atoms with E-state index < -0.39 is 12.7 Å². The summed E-state index contributed by atoms with van der Waals surface area (Å²) < 4.78 is 28.3. The van der Waals surface area contributed by atoms with E-state index in [0.29, 0.717) is 24.8 Å². The molecule has 1 fully saturated rings. The normalized spacial score (nSPS) is 21.9. The number of carbonyl (C=O) groups is 1. The number of hydrogen-bond acceptors (Lipinski definition) is 2. The van der Waals surface area contributed by atoms with Crippen LogP contribution in [0.4, 0.5) is 13.6 Å². The van der Waals surface area contributed by atoms with Crippen LogP contribution in [0.25, 0.3) is 0 Å². The molecule has 0 bridgehead atoms. The first kappa shape index (κ1) is 12.6. The molecule has 1 aliphatic rings. The van der Waals surface area contributed by atoms with Crippen LogP contribution in [0.2, 0.25) is 0 Å². The molecule has 1 heterocycles. The molecular formula is C8H13BrF2N2O2. The molecule has 0 radical (unpaired) electrons. The van der Waals surface area contributed by atoms with E-state index in [0.717, 1.165) is 0 Å². The van der Waals surface area contributed by atoms with E-state index >= 15 is 0 Å². The molecular weight excluding hydrogens is 274 g/mol. The molecule has 7 heteroatoms. The Morgan fingerprint density at radius 2 is 2.40 bits per heavy atom. The molecule has 1 aliphatic heterocycles. The third kappa shape index (κ3) is 4.29. The highest BCUT2D eigenvalue weighted by Crippen LogP contribution is 2.15. The summed E-state index contributed by atoms with van der Waals surface area (Å²) in [6.45, 7) is -1.96. The van der Waals surface area contributed by atoms with Crippen molar-refractivity contribution >= 4 is 22.0 Å². The van der Waals surface area contributed by atoms with E-state index in [9.17, 15) is 13.6 Å². The summed E-state index contributed by atoms with van der Waals surface area (Å²) in [5.74, 6) is 0. The molecule has 2 amide bonds. The van der Waals surface area contributed by atoms with Gasteiger partial charge in [0.1, 0.15) is 0 Å². The summed E-state index contributed by atoms with van der Waals surface area (Å²) in [4.78, 5) is 12.9. The van der Waals surface area contributed by atoms with Gasteiger partial charge in [-0.1, -0.05) is 15.9 Å². The number of piperidine rings is 1. The van der Waals surface area contributed by atoms with Gasteiger partial charge in [-0.25, -0.2) is 4.79 Å². The van der Waals surface area contributed by atoms with Crippen molar-refractivity contribution < 1.29 is 18.3 Å². The Labute approximate surface area is 95.1 Å². The molecule has 1 saturated heterocycles. The second-order valence-electron chi connectivity index (χ2n) is 3.22. The number of nitrogens with one attached hydrogen (secondary N) is 1. The van der Waals surface area contributed by atoms with Crippen LogP contribution in [0.15, 0.2) is 0 Å². The van der Waals surface area contributed by atoms with Crippen LogP contribution in [0.5, 0.6) is 0 Å². The third-order valence-electron chi connectivity index (χ3n) is 2.18. The largest absolute Gasteiger partial charge is 0.345 e. The number of halogens is 3. The molecule has 1 rings (SSSR count). The van der Waals surface area contributed by atoms with E-state index in [4.69, 9.17) is 0 Å². The van der Waals surface area contributed by atoms with E-state index in [1.165, 1.54) is 4.90 Å². The molecule has 1 atom stereocenters. The van der Waals surface area contributed by atoms with Crippen molar-refractivity contribution in [1.82, 2.24) is 10.2 Å². The third-order valence-corrected chi connectivity index (χ3v) is 2.46. The van der Waals surface area contributed by atoms with Crippen LogP contribution in [0, 0.1) is 0 Å². The van der Waals surface area contributed by atoms with Crippen LogP contribution in [0.1, 0.15) is 12.8 Å². The smallest absolute Gasteiger partial charge is 0.328 e. The molecule has 0 aromatic rings. The molecule has 0 spiro atoms. The molecule has 0 saturated carbocycles. The Balaban J connectivity index is 2.38. The number of urea groups is 1. The highest BCUT2D eigenvalue weighted by molar-refractivity contribution is 9.09. The van der Waals surface area contributed by atoms with E-state index in [1.54, 1.807) is 0 Å². The van der Waals surface area contributed by atoms with Crippen molar-refractivity contribution in [2.75, 3.05) is 18.5 Å². The fraction of sp³-hybridized carbons (Fsp3) is 0.875. The molecule has 0 aromatic heterocycles. The number of alkyl halides is 3. The van der Waals surface area contributed by atoms with Gasteiger partial charge in [-0.3, -0.25) is 0 Å². The summed E-state index contributed by atoms with van der Waals surface area (Å²) >= 11 is 3.06. The Hall–Kier alpha value is -0.430. The van der Waals surface area contributed by atoms with Crippen molar-refractivity contribution in [1.29, 1.82) is 0 Å². The summed E-state index contributed by atoms with van der Waals surface area (Å²) in [7, 11) is 0. The SMILES string of the molecule is O=C(NCBr)N1CCCC(OC(F)F)C1. The highest BCUT2D eigenvalue weighted by atomic mass is 79.9. The van der Waals surface area contributed by atoms with Crippen molar-refractivity contribution in [3.63, 3.8) is 0 Å². The maximum atomic E-state index is 11.9. The van der Waals surface area contributed by atoms with Crippen molar-refractivity contribution in [2.24, 2.45) is 0 Å². The first-order valence-corrected chi connectivity index (χ1v) is 5.78. The number of carbonyl (C=O) groups excluding carboxylic acids is 1. The lowest BCUT2D eigenvalue weighted by Gasteiger charge is -2.32. The van der Waals surface area contributed by atoms with Gasteiger partial charge < -0.3 is 15.0 Å². The first-order valence-electron chi connectivity index (χ1n) is 4.66. The van der Waals surface area contributed by atoms with Crippen LogP contribution >= 0.6 is 15.9 Å². The zero-order valence-corrected chi connectivity index (χ0v) is 9.67. The van der Waals surface area contributed by atoms with E-state index in [1.807, 2.05) is 0 Å². The molecule has 1 N–H and O–H groups in total. The van der Waals surface area contributed by atoms with Gasteiger partial charge in [0.2, 0.25) is 0 Å². The van der Waals surface area contributed by atoms with Crippen molar-refractivity contribution in [2.45, 2.75) is 25.6 Å². The molecule has 0 aliphatic carbocycles. The first-order chi connectivity index (χ1) is 7.13. The molecule has 1 unspecified atom stereocenters. The van der Waals surface area contributed by atoms with Gasteiger partial charge in [-0.2, -0.15) is 8.78 Å². The predicted octanol–water partition coefficient (Wildman–Crippen LogP) is 1.75. The van der Waals surface area contributed by atoms with Gasteiger partial charge in [-0.05, 0) is 12.8 Å². The lowest BCUT2D eigenvalue weighted by Crippen LogP contribution is -2.47. The van der Waals surface area contributed by atoms with Crippen molar-refractivity contribution in [3.8, 4) is 0 Å². The molecule has 15 heavy (non-hydrogen) atoms. The molecule has 4 nitrogen and oxygen atoms in total. The molecule has 88 valence electrons. The Bertz CT molecular complexity index is 219. The van der Waals surface area contributed by atoms with Gasteiger partial charge in [0.15, 0.2) is 0 Å². The van der Waals surface area contributed by atoms with E-state index in [-0.39, 0.29) is 12.6 Å². The number of likely N-dealkylation sites (tertiary alicyclic amines) is 1. The minimum Gasteiger partial charge on any atom is -0.328 e. The Kier molecular flexibility index (Phi) is 5.24. The fourth-order valence-electron chi connectivity index (χ4n) is 1.55. The van der Waals surface area contributed by atoms with Crippen LogP contribution < -0.4 is 5.32 Å². The Morgan fingerprint density at radius 1 is 1.67 bits per heavy atom. The maximum Gasteiger partial charge on any atom is 0.345 e. The Morgan fingerprint density at radius 3 is 3.00 bits per heavy atom. The summed E-state index contributed by atoms with van der Waals surface area (Å²) in [6, 6.07) is -0.255. The predicted molar refractivity (Wildman–Crippen MR) is 54.0 cm³/mol. The monoisotopic (exact) mass is 286 g/mol. The quantitative estimate of drug-likeness (QED) is 0.634. The zero-order chi connectivity index (χ0) is 11.3. The van der Waals surface area contributed by atoms with Crippen LogP contribution in [-0.2, 0) is 4.74 Å². The number of hydrogen-bond donors (Lipinski definition) is 1. The maximum absolute atomic E-state index is 11.9. The minimum atomic E-state index is -2.77. The fourth-order valence-corrected chi connectivity index (χ4v) is 1.79. The van der Waals surface area contributed by atoms with Crippen LogP contribution in [0.3, 0.4) is 0 Å². The van der Waals surface area contributed by atoms with Gasteiger partial charge in [0.05, 0.1) is 11.6 Å². The topological polar surface area (TPSA) is 41.6 Å². The summed E-state index contributed by atoms with van der Waals surface area (Å²) in [6.07, 6.45) is 0.704. The van der Waals surface area contributed by atoms with Gasteiger partial charge in [0.25, 0.3) is 0 Å². The second-order valence-corrected chi connectivity index (χ2v) is 3.78. The zero-order valence-electron chi connectivity index (χ0n) is 8.09. The number of amides is 2. The summed E-state index contributed by atoms with van der Waals surface area (Å²) in [5.41, 5.74) is 0.350. The van der Waals surface area contributed by atoms with Gasteiger partial charge in [0, 0.05) is 13.1 Å². The highest BCUT2D eigenvalue weighted by Gasteiger charge is 2.25. The van der Waals surface area contributed by atoms with Gasteiger partial charge in [-0.15, -0.1) is 0 Å². The standard InChI is InChI=1S/C8H13BrF2N2O2/c9-5-12-8(14)13-3-1-2-6(4-13)15-7(10)11/h6-7H,1-5H2,(H,12,14). The average Bonchev–Trinajstić information content (AvgIpc) is 2.17. The average molecular weight is 287 g/mol. The minimum absolute atomic E-state index is 0.225. The molecule has 0 aromatic carbocycles. The summed E-state index contributed by atoms with van der Waals surface area (Å²) in [5, 5.41) is 2.55. The number of nitrogens with zero attached hydrogens (tertiary/aromatic N) is 1. The number of ether oxygens (including phenoxy) is 1. The number of rotatable bonds is 3. The van der Waals surface area contributed by atoms with Crippen molar-refractivity contribution in [3.05, 3.63) is 0 Å². The lowest BCUT2D eigenvalue weighted by atomic mass is 10.1.